The molecule has 2 amide bonds. The molecule has 0 bridgehead atoms. The summed E-state index contributed by atoms with van der Waals surface area (Å²) in [5.41, 5.74) is 4.57. The second-order valence-electron chi connectivity index (χ2n) is 8.96. The van der Waals surface area contributed by atoms with E-state index >= 15 is 0 Å². The van der Waals surface area contributed by atoms with Crippen molar-refractivity contribution < 1.29 is 29.3 Å². The van der Waals surface area contributed by atoms with Crippen molar-refractivity contribution in [3.63, 3.8) is 0 Å². The van der Waals surface area contributed by atoms with Crippen LogP contribution in [0.5, 0.6) is 0 Å². The van der Waals surface area contributed by atoms with Crippen LogP contribution in [-0.2, 0) is 14.3 Å². The van der Waals surface area contributed by atoms with E-state index in [1.54, 1.807) is 0 Å². The third-order valence-corrected chi connectivity index (χ3v) is 6.67. The Bertz CT molecular complexity index is 1010. The van der Waals surface area contributed by atoms with Crippen LogP contribution in [0, 0.1) is 5.92 Å². The van der Waals surface area contributed by atoms with Crippen molar-refractivity contribution in [2.24, 2.45) is 5.92 Å². The Balaban J connectivity index is 1.34. The Hall–Kier alpha value is -3.39. The summed E-state index contributed by atoms with van der Waals surface area (Å²) < 4.78 is 5.63. The van der Waals surface area contributed by atoms with Gasteiger partial charge in [-0.05, 0) is 35.1 Å². The van der Waals surface area contributed by atoms with Gasteiger partial charge in [-0.2, -0.15) is 0 Å². The highest BCUT2D eigenvalue weighted by atomic mass is 16.5. The van der Waals surface area contributed by atoms with Crippen LogP contribution in [-0.4, -0.2) is 53.5 Å². The molecule has 0 saturated heterocycles. The van der Waals surface area contributed by atoms with Crippen LogP contribution in [0.15, 0.2) is 48.5 Å². The molecule has 1 unspecified atom stereocenters. The summed E-state index contributed by atoms with van der Waals surface area (Å²) in [6.45, 7) is 0.0596. The number of aliphatic hydroxyl groups is 1. The minimum absolute atomic E-state index is 0.0423. The Morgan fingerprint density at radius 2 is 1.59 bits per heavy atom. The number of rotatable bonds is 8. The summed E-state index contributed by atoms with van der Waals surface area (Å²) in [6.07, 6.45) is 0.857. The lowest BCUT2D eigenvalue weighted by molar-refractivity contribution is -0.139. The molecular weight excluding hydrogens is 436 g/mol. The van der Waals surface area contributed by atoms with E-state index in [1.807, 2.05) is 24.3 Å². The van der Waals surface area contributed by atoms with Crippen LogP contribution >= 0.6 is 0 Å². The van der Waals surface area contributed by atoms with Crippen molar-refractivity contribution >= 4 is 18.0 Å². The van der Waals surface area contributed by atoms with Gasteiger partial charge in [0.15, 0.2) is 0 Å². The van der Waals surface area contributed by atoms with Gasteiger partial charge in [-0.1, -0.05) is 61.4 Å². The van der Waals surface area contributed by atoms with Gasteiger partial charge >= 0.3 is 12.1 Å². The maximum absolute atomic E-state index is 12.7. The van der Waals surface area contributed by atoms with Crippen LogP contribution in [0.25, 0.3) is 11.1 Å². The topological polar surface area (TPSA) is 125 Å². The summed E-state index contributed by atoms with van der Waals surface area (Å²) in [5.74, 6) is -1.92. The highest BCUT2D eigenvalue weighted by molar-refractivity contribution is 5.81. The number of aliphatic carboxylic acids is 1. The number of carboxylic acids is 1. The van der Waals surface area contributed by atoms with E-state index in [0.29, 0.717) is 12.8 Å². The van der Waals surface area contributed by atoms with Crippen LogP contribution in [0.3, 0.4) is 0 Å². The molecule has 8 heteroatoms. The quantitative estimate of drug-likeness (QED) is 0.474. The predicted molar refractivity (Wildman–Crippen MR) is 125 cm³/mol. The van der Waals surface area contributed by atoms with E-state index in [9.17, 15) is 19.5 Å². The summed E-state index contributed by atoms with van der Waals surface area (Å²) in [4.78, 5) is 36.0. The fraction of sp³-hybridized carbons (Fsp3) is 0.423. The lowest BCUT2D eigenvalue weighted by Gasteiger charge is -2.31. The minimum atomic E-state index is -1.15. The number of hydrogen-bond donors (Lipinski definition) is 4. The number of nitrogens with one attached hydrogen (secondary N) is 2. The molecule has 0 aromatic heterocycles. The molecule has 1 fully saturated rings. The van der Waals surface area contributed by atoms with E-state index < -0.39 is 30.5 Å². The maximum atomic E-state index is 12.7. The number of alkyl carbamates (subject to hydrolysis) is 1. The molecule has 1 saturated carbocycles. The second-order valence-corrected chi connectivity index (χ2v) is 8.96. The predicted octanol–water partition coefficient (Wildman–Crippen LogP) is 3.04. The number of amides is 2. The largest absolute Gasteiger partial charge is 0.481 e. The van der Waals surface area contributed by atoms with Gasteiger partial charge in [0, 0.05) is 18.5 Å². The first-order valence-corrected chi connectivity index (χ1v) is 11.7. The van der Waals surface area contributed by atoms with E-state index in [2.05, 4.69) is 34.9 Å². The summed E-state index contributed by atoms with van der Waals surface area (Å²) >= 11 is 0. The van der Waals surface area contributed by atoms with Crippen molar-refractivity contribution in [2.75, 3.05) is 13.2 Å². The van der Waals surface area contributed by atoms with Crippen molar-refractivity contribution in [3.8, 4) is 11.1 Å². The molecule has 0 radical (unpaired) electrons. The van der Waals surface area contributed by atoms with Crippen LogP contribution in [0.4, 0.5) is 4.79 Å². The highest BCUT2D eigenvalue weighted by Crippen LogP contribution is 2.44. The molecule has 0 aliphatic heterocycles. The molecule has 8 nitrogen and oxygen atoms in total. The number of aliphatic hydroxyl groups excluding tert-OH is 1. The lowest BCUT2D eigenvalue weighted by Crippen LogP contribution is -2.49. The molecule has 0 spiro atoms. The van der Waals surface area contributed by atoms with Gasteiger partial charge in [-0.15, -0.1) is 0 Å². The zero-order valence-corrected chi connectivity index (χ0v) is 18.9. The summed E-state index contributed by atoms with van der Waals surface area (Å²) in [6, 6.07) is 15.9. The number of hydrogen-bond acceptors (Lipinski definition) is 5. The maximum Gasteiger partial charge on any atom is 0.407 e. The fourth-order valence-electron chi connectivity index (χ4n) is 5.03. The van der Waals surface area contributed by atoms with Crippen molar-refractivity contribution in [1.82, 2.24) is 10.6 Å². The molecule has 180 valence electrons. The molecule has 2 aliphatic rings. The number of carboxylic acid groups (broad SMARTS) is 1. The first-order valence-electron chi connectivity index (χ1n) is 11.7. The van der Waals surface area contributed by atoms with Crippen LogP contribution < -0.4 is 10.6 Å². The Kier molecular flexibility index (Phi) is 7.47. The number of fused-ring (bicyclic) bond motifs is 3. The number of carbonyl (C=O) groups is 3. The average Bonchev–Trinajstić information content (AvgIpc) is 3.15. The van der Waals surface area contributed by atoms with E-state index in [4.69, 9.17) is 9.84 Å². The van der Waals surface area contributed by atoms with E-state index in [1.165, 1.54) is 0 Å². The second kappa shape index (κ2) is 10.7. The van der Waals surface area contributed by atoms with Crippen molar-refractivity contribution in [3.05, 3.63) is 59.7 Å². The molecule has 2 aromatic rings. The fourth-order valence-corrected chi connectivity index (χ4v) is 5.03. The average molecular weight is 467 g/mol. The molecule has 4 rings (SSSR count). The first-order chi connectivity index (χ1) is 16.4. The zero-order valence-electron chi connectivity index (χ0n) is 18.9. The van der Waals surface area contributed by atoms with Gasteiger partial charge in [0.25, 0.3) is 0 Å². The standard InChI is InChI=1S/C26H30N2O6/c29-16(13-24(30)31)14-27-25(32)21-11-5-6-12-23(21)28-26(33)34-15-22-19-9-3-1-7-17(19)18-8-2-4-10-20(18)22/h1-4,7-10,16,21-23,29H,5-6,11-15H2,(H,27,32)(H,28,33)(H,30,31)/t16?,21-,23+/m1/s1. The summed E-state index contributed by atoms with van der Waals surface area (Å²) in [5, 5.41) is 23.9. The molecular formula is C26H30N2O6. The number of carbonyl (C=O) groups excluding carboxylic acids is 2. The van der Waals surface area contributed by atoms with Crippen LogP contribution in [0.1, 0.15) is 49.1 Å². The van der Waals surface area contributed by atoms with E-state index in [-0.39, 0.29) is 31.0 Å². The Morgan fingerprint density at radius 3 is 2.24 bits per heavy atom. The highest BCUT2D eigenvalue weighted by Gasteiger charge is 2.33. The Morgan fingerprint density at radius 1 is 0.971 bits per heavy atom. The molecule has 2 aromatic carbocycles. The molecule has 4 N–H and O–H groups in total. The zero-order chi connectivity index (χ0) is 24.1. The van der Waals surface area contributed by atoms with Gasteiger partial charge in [0.2, 0.25) is 5.91 Å². The molecule has 2 aliphatic carbocycles. The molecule has 34 heavy (non-hydrogen) atoms. The minimum Gasteiger partial charge on any atom is -0.481 e. The third kappa shape index (κ3) is 5.39. The van der Waals surface area contributed by atoms with Gasteiger partial charge in [0.1, 0.15) is 6.61 Å². The van der Waals surface area contributed by atoms with Gasteiger partial charge in [-0.3, -0.25) is 9.59 Å². The monoisotopic (exact) mass is 466 g/mol. The normalized spacial score (nSPS) is 20.0. The van der Waals surface area contributed by atoms with Crippen molar-refractivity contribution in [2.45, 2.75) is 50.2 Å². The Labute approximate surface area is 198 Å². The number of benzene rings is 2. The van der Waals surface area contributed by atoms with Crippen molar-refractivity contribution in [1.29, 1.82) is 0 Å². The SMILES string of the molecule is O=C(O)CC(O)CNC(=O)[C@@H]1CCCC[C@@H]1NC(=O)OCC1c2ccccc2-c2ccccc21. The molecule has 0 heterocycles. The van der Waals surface area contributed by atoms with Gasteiger partial charge in [0.05, 0.1) is 18.4 Å². The smallest absolute Gasteiger partial charge is 0.407 e. The first kappa shape index (κ1) is 23.8. The van der Waals surface area contributed by atoms with Gasteiger partial charge in [-0.25, -0.2) is 4.79 Å². The number of ether oxygens (including phenoxy) is 1. The lowest BCUT2D eigenvalue weighted by atomic mass is 9.84. The molecule has 3 atom stereocenters. The summed E-state index contributed by atoms with van der Waals surface area (Å²) in [7, 11) is 0. The van der Waals surface area contributed by atoms with Gasteiger partial charge < -0.3 is 25.6 Å². The van der Waals surface area contributed by atoms with E-state index in [0.717, 1.165) is 35.1 Å². The third-order valence-electron chi connectivity index (χ3n) is 6.67. The van der Waals surface area contributed by atoms with Crippen LogP contribution in [0.2, 0.25) is 0 Å².